The van der Waals surface area contributed by atoms with E-state index in [-0.39, 0.29) is 6.04 Å². The van der Waals surface area contributed by atoms with E-state index in [4.69, 9.17) is 0 Å². The van der Waals surface area contributed by atoms with Gasteiger partial charge in [0.05, 0.1) is 4.90 Å². The van der Waals surface area contributed by atoms with Crippen molar-refractivity contribution in [3.63, 3.8) is 0 Å². The summed E-state index contributed by atoms with van der Waals surface area (Å²) in [6, 6.07) is 7.26. The molecule has 1 saturated heterocycles. The van der Waals surface area contributed by atoms with Gasteiger partial charge in [-0.15, -0.1) is 0 Å². The summed E-state index contributed by atoms with van der Waals surface area (Å²) in [4.78, 5) is 2.71. The first-order chi connectivity index (χ1) is 9.49. The van der Waals surface area contributed by atoms with Crippen LogP contribution in [0.25, 0.3) is 0 Å². The van der Waals surface area contributed by atoms with Crippen molar-refractivity contribution in [2.24, 2.45) is 0 Å². The van der Waals surface area contributed by atoms with Crippen LogP contribution in [0.3, 0.4) is 0 Å². The minimum atomic E-state index is -3.39. The zero-order valence-electron chi connectivity index (χ0n) is 12.3. The van der Waals surface area contributed by atoms with Crippen LogP contribution in [0.5, 0.6) is 0 Å². The highest BCUT2D eigenvalue weighted by Gasteiger charge is 2.20. The van der Waals surface area contributed by atoms with Crippen LogP contribution in [0.1, 0.15) is 31.7 Å². The summed E-state index contributed by atoms with van der Waals surface area (Å²) in [6.07, 6.45) is 3.72. The van der Waals surface area contributed by atoms with Gasteiger partial charge in [0.2, 0.25) is 10.0 Å². The lowest BCUT2D eigenvalue weighted by Crippen LogP contribution is -2.44. The van der Waals surface area contributed by atoms with Gasteiger partial charge in [0.25, 0.3) is 0 Å². The number of hydrogen-bond acceptors (Lipinski definition) is 3. The van der Waals surface area contributed by atoms with Crippen molar-refractivity contribution in [1.82, 2.24) is 9.62 Å². The van der Waals surface area contributed by atoms with E-state index in [2.05, 4.69) is 16.5 Å². The molecule has 1 N–H and O–H groups in total. The standard InChI is InChI=1S/C15H24N2O2S/c1-13-7-6-8-15(11-13)20(18,19)16-12-14(2)17-9-4-3-5-10-17/h6-8,11,14,16H,3-5,9-10,12H2,1-2H3. The maximum absolute atomic E-state index is 12.2. The van der Waals surface area contributed by atoms with Crippen LogP contribution in [-0.4, -0.2) is 39.0 Å². The van der Waals surface area contributed by atoms with Gasteiger partial charge in [-0.25, -0.2) is 13.1 Å². The van der Waals surface area contributed by atoms with Crippen LogP contribution in [-0.2, 0) is 10.0 Å². The maximum atomic E-state index is 12.2. The Morgan fingerprint density at radius 2 is 1.95 bits per heavy atom. The Labute approximate surface area is 122 Å². The number of nitrogens with zero attached hydrogens (tertiary/aromatic N) is 1. The van der Waals surface area contributed by atoms with Gasteiger partial charge in [-0.2, -0.15) is 0 Å². The van der Waals surface area contributed by atoms with E-state index in [9.17, 15) is 8.42 Å². The molecule has 1 atom stereocenters. The normalized spacial score (nSPS) is 18.9. The van der Waals surface area contributed by atoms with Gasteiger partial charge < -0.3 is 0 Å². The minimum Gasteiger partial charge on any atom is -0.299 e. The minimum absolute atomic E-state index is 0.245. The molecule has 4 nitrogen and oxygen atoms in total. The molecule has 1 aliphatic heterocycles. The van der Waals surface area contributed by atoms with E-state index in [0.29, 0.717) is 11.4 Å². The highest BCUT2D eigenvalue weighted by Crippen LogP contribution is 2.13. The molecule has 0 radical (unpaired) electrons. The Kier molecular flexibility index (Phi) is 5.18. The molecule has 0 saturated carbocycles. The van der Waals surface area contributed by atoms with E-state index < -0.39 is 10.0 Å². The summed E-state index contributed by atoms with van der Waals surface area (Å²) in [7, 11) is -3.39. The largest absolute Gasteiger partial charge is 0.299 e. The number of likely N-dealkylation sites (tertiary alicyclic amines) is 1. The zero-order valence-corrected chi connectivity index (χ0v) is 13.1. The number of hydrogen-bond donors (Lipinski definition) is 1. The first kappa shape index (κ1) is 15.5. The number of benzene rings is 1. The van der Waals surface area contributed by atoms with Crippen LogP contribution in [0.2, 0.25) is 0 Å². The third kappa shape index (κ3) is 4.04. The quantitative estimate of drug-likeness (QED) is 0.906. The van der Waals surface area contributed by atoms with Crippen molar-refractivity contribution in [3.8, 4) is 0 Å². The lowest BCUT2D eigenvalue weighted by molar-refractivity contribution is 0.175. The summed E-state index contributed by atoms with van der Waals surface area (Å²) in [5, 5.41) is 0. The fraction of sp³-hybridized carbons (Fsp3) is 0.600. The van der Waals surface area contributed by atoms with Gasteiger partial charge in [-0.1, -0.05) is 18.6 Å². The molecule has 0 spiro atoms. The molecule has 1 aromatic rings. The van der Waals surface area contributed by atoms with Crippen LogP contribution in [0.4, 0.5) is 0 Å². The zero-order chi connectivity index (χ0) is 14.6. The molecule has 5 heteroatoms. The smallest absolute Gasteiger partial charge is 0.240 e. The lowest BCUT2D eigenvalue weighted by Gasteiger charge is -2.32. The number of piperidine rings is 1. The SMILES string of the molecule is Cc1cccc(S(=O)(=O)NCC(C)N2CCCCC2)c1. The molecule has 1 unspecified atom stereocenters. The monoisotopic (exact) mass is 296 g/mol. The highest BCUT2D eigenvalue weighted by molar-refractivity contribution is 7.89. The Morgan fingerprint density at radius 3 is 2.60 bits per heavy atom. The summed E-state index contributed by atoms with van der Waals surface area (Å²) >= 11 is 0. The third-order valence-electron chi connectivity index (χ3n) is 3.88. The molecule has 1 aromatic carbocycles. The first-order valence-corrected chi connectivity index (χ1v) is 8.78. The average molecular weight is 296 g/mol. The van der Waals surface area contributed by atoms with Gasteiger partial charge >= 0.3 is 0 Å². The summed E-state index contributed by atoms with van der Waals surface area (Å²) in [5.74, 6) is 0. The first-order valence-electron chi connectivity index (χ1n) is 7.29. The molecule has 0 aromatic heterocycles. The van der Waals surface area contributed by atoms with Gasteiger partial charge in [-0.05, 0) is 57.5 Å². The van der Waals surface area contributed by atoms with E-state index in [1.165, 1.54) is 19.3 Å². The van der Waals surface area contributed by atoms with Crippen molar-refractivity contribution in [3.05, 3.63) is 29.8 Å². The second kappa shape index (κ2) is 6.70. The maximum Gasteiger partial charge on any atom is 0.240 e. The molecule has 0 aliphatic carbocycles. The summed E-state index contributed by atoms with van der Waals surface area (Å²) in [5.41, 5.74) is 0.956. The average Bonchev–Trinajstić information content (AvgIpc) is 2.46. The van der Waals surface area contributed by atoms with E-state index >= 15 is 0 Å². The van der Waals surface area contributed by atoms with Crippen molar-refractivity contribution in [2.75, 3.05) is 19.6 Å². The predicted molar refractivity (Wildman–Crippen MR) is 81.3 cm³/mol. The third-order valence-corrected chi connectivity index (χ3v) is 5.30. The molecule has 20 heavy (non-hydrogen) atoms. The van der Waals surface area contributed by atoms with Crippen molar-refractivity contribution < 1.29 is 8.42 Å². The van der Waals surface area contributed by atoms with Gasteiger partial charge in [0, 0.05) is 12.6 Å². The Bertz CT molecular complexity index is 537. The number of aryl methyl sites for hydroxylation is 1. The number of sulfonamides is 1. The molecule has 0 bridgehead atoms. The van der Waals surface area contributed by atoms with Crippen molar-refractivity contribution in [2.45, 2.75) is 44.0 Å². The molecule has 1 heterocycles. The highest BCUT2D eigenvalue weighted by atomic mass is 32.2. The number of rotatable bonds is 5. The van der Waals surface area contributed by atoms with Gasteiger partial charge in [-0.3, -0.25) is 4.90 Å². The summed E-state index contributed by atoms with van der Waals surface area (Å²) in [6.45, 7) is 6.61. The fourth-order valence-corrected chi connectivity index (χ4v) is 3.81. The Balaban J connectivity index is 1.95. The molecule has 2 rings (SSSR count). The second-order valence-electron chi connectivity index (χ2n) is 5.61. The molecular weight excluding hydrogens is 272 g/mol. The van der Waals surface area contributed by atoms with Crippen LogP contribution in [0.15, 0.2) is 29.2 Å². The fourth-order valence-electron chi connectivity index (χ4n) is 2.58. The second-order valence-corrected chi connectivity index (χ2v) is 7.38. The Hall–Kier alpha value is -0.910. The van der Waals surface area contributed by atoms with Crippen LogP contribution >= 0.6 is 0 Å². The molecule has 0 amide bonds. The summed E-state index contributed by atoms with van der Waals surface area (Å²) < 4.78 is 27.2. The topological polar surface area (TPSA) is 49.4 Å². The van der Waals surface area contributed by atoms with Crippen molar-refractivity contribution in [1.29, 1.82) is 0 Å². The number of nitrogens with one attached hydrogen (secondary N) is 1. The lowest BCUT2D eigenvalue weighted by atomic mass is 10.1. The molecule has 112 valence electrons. The van der Waals surface area contributed by atoms with Crippen LogP contribution < -0.4 is 4.72 Å². The molecular formula is C15H24N2O2S. The predicted octanol–water partition coefficient (Wildman–Crippen LogP) is 2.15. The van der Waals surface area contributed by atoms with Gasteiger partial charge in [0.15, 0.2) is 0 Å². The van der Waals surface area contributed by atoms with Crippen LogP contribution in [0, 0.1) is 6.92 Å². The van der Waals surface area contributed by atoms with Crippen molar-refractivity contribution >= 4 is 10.0 Å². The van der Waals surface area contributed by atoms with E-state index in [0.717, 1.165) is 18.7 Å². The molecule has 1 aliphatic rings. The van der Waals surface area contributed by atoms with E-state index in [1.54, 1.807) is 18.2 Å². The molecule has 1 fully saturated rings. The van der Waals surface area contributed by atoms with Gasteiger partial charge in [0.1, 0.15) is 0 Å². The Morgan fingerprint density at radius 1 is 1.25 bits per heavy atom. The van der Waals surface area contributed by atoms with E-state index in [1.807, 2.05) is 13.0 Å².